The molecule has 2 aliphatic heterocycles. The molecule has 0 unspecified atom stereocenters. The van der Waals surface area contributed by atoms with E-state index in [4.69, 9.17) is 4.74 Å². The van der Waals surface area contributed by atoms with Crippen molar-refractivity contribution < 1.29 is 14.1 Å². The summed E-state index contributed by atoms with van der Waals surface area (Å²) in [6, 6.07) is 3.75. The number of piperazine rings is 1. The fourth-order valence-electron chi connectivity index (χ4n) is 3.61. The van der Waals surface area contributed by atoms with Crippen molar-refractivity contribution in [2.45, 2.75) is 18.9 Å². The van der Waals surface area contributed by atoms with Gasteiger partial charge in [-0.3, -0.25) is 15.0 Å². The number of hydrogen-bond donors (Lipinski definition) is 1. The zero-order valence-electron chi connectivity index (χ0n) is 13.0. The second-order valence-electron chi connectivity index (χ2n) is 6.14. The van der Waals surface area contributed by atoms with Crippen LogP contribution < -0.4 is 5.32 Å². The second kappa shape index (κ2) is 7.33. The fraction of sp³-hybridized carbons (Fsp3) is 0.625. The Hall–Kier alpha value is -1.57. The van der Waals surface area contributed by atoms with E-state index in [2.05, 4.69) is 10.2 Å². The smallest absolute Gasteiger partial charge is 0.269 e. The summed E-state index contributed by atoms with van der Waals surface area (Å²) in [6.07, 6.45) is 1.72. The molecular formula is C16H22FN3O3. The number of non-ortho nitro benzene ring substituents is 1. The standard InChI is InChI=1S/C16H22FN3O3/c17-15-2-1-13(20(21)22)11-14(15)16(12-3-9-23-10-4-12)19-7-5-18-6-8-19/h1-2,11-12,16,18H,3-10H2/t16-/m0/s1. The van der Waals surface area contributed by atoms with E-state index in [1.54, 1.807) is 0 Å². The van der Waals surface area contributed by atoms with Crippen LogP contribution in [-0.2, 0) is 4.74 Å². The van der Waals surface area contributed by atoms with E-state index in [0.29, 0.717) is 18.8 Å². The highest BCUT2D eigenvalue weighted by Crippen LogP contribution is 2.37. The number of hydrogen-bond acceptors (Lipinski definition) is 5. The van der Waals surface area contributed by atoms with Crippen LogP contribution in [0.1, 0.15) is 24.4 Å². The van der Waals surface area contributed by atoms with Crippen LogP contribution in [-0.4, -0.2) is 49.2 Å². The van der Waals surface area contributed by atoms with Crippen molar-refractivity contribution >= 4 is 5.69 Å². The summed E-state index contributed by atoms with van der Waals surface area (Å²) in [5.74, 6) is -0.0935. The summed E-state index contributed by atoms with van der Waals surface area (Å²) in [6.45, 7) is 4.70. The van der Waals surface area contributed by atoms with Crippen LogP contribution in [0.3, 0.4) is 0 Å². The molecule has 0 amide bonds. The maximum Gasteiger partial charge on any atom is 0.269 e. The molecule has 1 aromatic carbocycles. The van der Waals surface area contributed by atoms with Crippen LogP contribution in [0.25, 0.3) is 0 Å². The van der Waals surface area contributed by atoms with Gasteiger partial charge in [0.1, 0.15) is 5.82 Å². The van der Waals surface area contributed by atoms with E-state index in [0.717, 1.165) is 39.0 Å². The molecule has 2 fully saturated rings. The highest BCUT2D eigenvalue weighted by molar-refractivity contribution is 5.37. The Balaban J connectivity index is 1.96. The monoisotopic (exact) mass is 323 g/mol. The molecule has 2 aliphatic rings. The van der Waals surface area contributed by atoms with Crippen molar-refractivity contribution in [3.63, 3.8) is 0 Å². The first kappa shape index (κ1) is 16.3. The molecule has 3 rings (SSSR count). The number of ether oxygens (including phenoxy) is 1. The first-order valence-corrected chi connectivity index (χ1v) is 8.13. The average molecular weight is 323 g/mol. The van der Waals surface area contributed by atoms with Gasteiger partial charge in [0, 0.05) is 63.1 Å². The zero-order valence-corrected chi connectivity index (χ0v) is 13.0. The summed E-state index contributed by atoms with van der Waals surface area (Å²) in [4.78, 5) is 12.9. The molecule has 126 valence electrons. The molecule has 0 radical (unpaired) electrons. The highest BCUT2D eigenvalue weighted by Gasteiger charge is 2.33. The number of nitro benzene ring substituents is 1. The Labute approximate surface area is 134 Å². The molecule has 2 heterocycles. The van der Waals surface area contributed by atoms with Gasteiger partial charge in [-0.25, -0.2) is 4.39 Å². The van der Waals surface area contributed by atoms with E-state index in [1.165, 1.54) is 18.2 Å². The number of nitro groups is 1. The van der Waals surface area contributed by atoms with Crippen LogP contribution in [0.4, 0.5) is 10.1 Å². The highest BCUT2D eigenvalue weighted by atomic mass is 19.1. The molecule has 0 aromatic heterocycles. The zero-order chi connectivity index (χ0) is 16.2. The predicted octanol–water partition coefficient (Wildman–Crippen LogP) is 2.11. The number of nitrogens with zero attached hydrogens (tertiary/aromatic N) is 2. The summed E-state index contributed by atoms with van der Waals surface area (Å²) < 4.78 is 19.9. The lowest BCUT2D eigenvalue weighted by atomic mass is 9.85. The maximum atomic E-state index is 14.5. The lowest BCUT2D eigenvalue weighted by Crippen LogP contribution is -2.47. The molecule has 7 heteroatoms. The van der Waals surface area contributed by atoms with Gasteiger partial charge in [0.15, 0.2) is 0 Å². The number of halogens is 1. The Morgan fingerprint density at radius 3 is 2.65 bits per heavy atom. The normalized spacial score (nSPS) is 22.0. The molecule has 2 saturated heterocycles. The second-order valence-corrected chi connectivity index (χ2v) is 6.14. The summed E-state index contributed by atoms with van der Waals surface area (Å²) >= 11 is 0. The van der Waals surface area contributed by atoms with E-state index in [1.807, 2.05) is 0 Å². The van der Waals surface area contributed by atoms with Gasteiger partial charge in [0.25, 0.3) is 5.69 Å². The van der Waals surface area contributed by atoms with Crippen LogP contribution in [0.15, 0.2) is 18.2 Å². The van der Waals surface area contributed by atoms with Gasteiger partial charge < -0.3 is 10.1 Å². The topological polar surface area (TPSA) is 67.6 Å². The largest absolute Gasteiger partial charge is 0.381 e. The SMILES string of the molecule is O=[N+]([O-])c1ccc(F)c([C@H](C2CCOCC2)N2CCNCC2)c1. The molecule has 23 heavy (non-hydrogen) atoms. The Bertz CT molecular complexity index is 540. The Kier molecular flexibility index (Phi) is 5.20. The molecule has 0 saturated carbocycles. The van der Waals surface area contributed by atoms with Gasteiger partial charge in [0.05, 0.1) is 4.92 Å². The number of rotatable bonds is 4. The van der Waals surface area contributed by atoms with Crippen molar-refractivity contribution in [3.05, 3.63) is 39.7 Å². The van der Waals surface area contributed by atoms with Gasteiger partial charge in [0.2, 0.25) is 0 Å². The Morgan fingerprint density at radius 1 is 1.30 bits per heavy atom. The fourth-order valence-corrected chi connectivity index (χ4v) is 3.61. The molecule has 1 N–H and O–H groups in total. The summed E-state index contributed by atoms with van der Waals surface area (Å²) in [7, 11) is 0. The van der Waals surface area contributed by atoms with Crippen LogP contribution in [0.5, 0.6) is 0 Å². The third-order valence-electron chi connectivity index (χ3n) is 4.77. The number of nitrogens with one attached hydrogen (secondary N) is 1. The molecule has 6 nitrogen and oxygen atoms in total. The minimum atomic E-state index is -0.457. The first-order valence-electron chi connectivity index (χ1n) is 8.13. The molecular weight excluding hydrogens is 301 g/mol. The lowest BCUT2D eigenvalue weighted by Gasteiger charge is -2.41. The van der Waals surface area contributed by atoms with E-state index in [9.17, 15) is 14.5 Å². The molecule has 1 aromatic rings. The van der Waals surface area contributed by atoms with Crippen molar-refractivity contribution in [2.24, 2.45) is 5.92 Å². The summed E-state index contributed by atoms with van der Waals surface area (Å²) in [5.41, 5.74) is 0.404. The van der Waals surface area contributed by atoms with Gasteiger partial charge in [-0.2, -0.15) is 0 Å². The quantitative estimate of drug-likeness (QED) is 0.679. The molecule has 1 atom stereocenters. The maximum absolute atomic E-state index is 14.5. The predicted molar refractivity (Wildman–Crippen MR) is 83.8 cm³/mol. The van der Waals surface area contributed by atoms with Crippen molar-refractivity contribution in [1.29, 1.82) is 0 Å². The third kappa shape index (κ3) is 3.68. The molecule has 0 aliphatic carbocycles. The van der Waals surface area contributed by atoms with Crippen LogP contribution in [0.2, 0.25) is 0 Å². The lowest BCUT2D eigenvalue weighted by molar-refractivity contribution is -0.385. The average Bonchev–Trinajstić information content (AvgIpc) is 2.58. The molecule has 0 bridgehead atoms. The minimum absolute atomic E-state index is 0.0476. The van der Waals surface area contributed by atoms with Gasteiger partial charge in [-0.1, -0.05) is 0 Å². The van der Waals surface area contributed by atoms with Crippen LogP contribution >= 0.6 is 0 Å². The molecule has 0 spiro atoms. The summed E-state index contributed by atoms with van der Waals surface area (Å²) in [5, 5.41) is 14.4. The van der Waals surface area contributed by atoms with Crippen LogP contribution in [0, 0.1) is 21.8 Å². The van der Waals surface area contributed by atoms with Crippen molar-refractivity contribution in [3.8, 4) is 0 Å². The Morgan fingerprint density at radius 2 is 2.00 bits per heavy atom. The van der Waals surface area contributed by atoms with Gasteiger partial charge >= 0.3 is 0 Å². The van der Waals surface area contributed by atoms with E-state index < -0.39 is 4.92 Å². The van der Waals surface area contributed by atoms with Crippen molar-refractivity contribution in [1.82, 2.24) is 10.2 Å². The van der Waals surface area contributed by atoms with Gasteiger partial charge in [-0.15, -0.1) is 0 Å². The van der Waals surface area contributed by atoms with Gasteiger partial charge in [-0.05, 0) is 24.8 Å². The van der Waals surface area contributed by atoms with Crippen molar-refractivity contribution in [2.75, 3.05) is 39.4 Å². The van der Waals surface area contributed by atoms with E-state index >= 15 is 0 Å². The minimum Gasteiger partial charge on any atom is -0.381 e. The van der Waals surface area contributed by atoms with E-state index in [-0.39, 0.29) is 23.5 Å². The first-order chi connectivity index (χ1) is 11.2. The third-order valence-corrected chi connectivity index (χ3v) is 4.77. The number of benzene rings is 1.